The molecule has 1 aliphatic rings. The zero-order chi connectivity index (χ0) is 16.3. The first-order valence-corrected chi connectivity index (χ1v) is 7.66. The molecule has 0 spiro atoms. The van der Waals surface area contributed by atoms with Gasteiger partial charge in [0, 0.05) is 25.0 Å². The summed E-state index contributed by atoms with van der Waals surface area (Å²) in [6.07, 6.45) is 0.530. The van der Waals surface area contributed by atoms with Crippen molar-refractivity contribution in [1.82, 2.24) is 4.90 Å². The summed E-state index contributed by atoms with van der Waals surface area (Å²) < 4.78 is 10.9. The fraction of sp³-hybridized carbons (Fsp3) is 0.588. The molecule has 2 rings (SSSR count). The monoisotopic (exact) mass is 306 g/mol. The van der Waals surface area contributed by atoms with Crippen LogP contribution in [0.1, 0.15) is 38.7 Å². The lowest BCUT2D eigenvalue weighted by atomic mass is 9.88. The van der Waals surface area contributed by atoms with Crippen molar-refractivity contribution in [2.45, 2.75) is 44.8 Å². The molecule has 1 aromatic rings. The summed E-state index contributed by atoms with van der Waals surface area (Å²) in [7, 11) is 1.66. The van der Waals surface area contributed by atoms with Crippen LogP contribution in [0.5, 0.6) is 5.75 Å². The van der Waals surface area contributed by atoms with Crippen LogP contribution in [0, 0.1) is 0 Å². The maximum absolute atomic E-state index is 12.3. The Balaban J connectivity index is 2.16. The van der Waals surface area contributed by atoms with Gasteiger partial charge in [-0.1, -0.05) is 18.2 Å². The molecule has 5 nitrogen and oxygen atoms in total. The Bertz CT molecular complexity index is 525. The zero-order valence-corrected chi connectivity index (χ0v) is 13.8. The summed E-state index contributed by atoms with van der Waals surface area (Å²) >= 11 is 0. The summed E-state index contributed by atoms with van der Waals surface area (Å²) in [5.74, 6) is 0.998. The first-order valence-electron chi connectivity index (χ1n) is 7.66. The Hall–Kier alpha value is -1.75. The van der Waals surface area contributed by atoms with E-state index in [0.29, 0.717) is 13.1 Å². The molecular weight excluding hydrogens is 280 g/mol. The maximum Gasteiger partial charge on any atom is 0.410 e. The molecule has 1 aromatic carbocycles. The molecule has 1 aliphatic heterocycles. The smallest absolute Gasteiger partial charge is 0.410 e. The van der Waals surface area contributed by atoms with Gasteiger partial charge >= 0.3 is 6.09 Å². The van der Waals surface area contributed by atoms with E-state index < -0.39 is 5.60 Å². The second-order valence-corrected chi connectivity index (χ2v) is 6.82. The third-order valence-corrected chi connectivity index (χ3v) is 3.71. The molecule has 0 radical (unpaired) electrons. The van der Waals surface area contributed by atoms with Crippen molar-refractivity contribution < 1.29 is 14.3 Å². The summed E-state index contributed by atoms with van der Waals surface area (Å²) in [5.41, 5.74) is 6.75. The fourth-order valence-electron chi connectivity index (χ4n) is 2.84. The largest absolute Gasteiger partial charge is 0.496 e. The number of nitrogens with zero attached hydrogens (tertiary/aromatic N) is 1. The van der Waals surface area contributed by atoms with Gasteiger partial charge in [0.25, 0.3) is 0 Å². The van der Waals surface area contributed by atoms with Crippen molar-refractivity contribution in [3.05, 3.63) is 29.8 Å². The average Bonchev–Trinajstić information content (AvgIpc) is 2.44. The van der Waals surface area contributed by atoms with Crippen LogP contribution >= 0.6 is 0 Å². The topological polar surface area (TPSA) is 64.8 Å². The highest BCUT2D eigenvalue weighted by Crippen LogP contribution is 2.33. The van der Waals surface area contributed by atoms with E-state index in [1.54, 1.807) is 12.0 Å². The quantitative estimate of drug-likeness (QED) is 0.912. The summed E-state index contributed by atoms with van der Waals surface area (Å²) in [6.45, 7) is 6.73. The molecule has 0 aliphatic carbocycles. The SMILES string of the molecule is COc1ccccc1[C@H]1C[C@H](N)CN(C(=O)OC(C)(C)C)C1. The Morgan fingerprint density at radius 1 is 1.27 bits per heavy atom. The lowest BCUT2D eigenvalue weighted by Gasteiger charge is -2.37. The third kappa shape index (κ3) is 4.13. The first kappa shape index (κ1) is 16.6. The molecule has 1 amide bonds. The van der Waals surface area contributed by atoms with E-state index in [-0.39, 0.29) is 18.1 Å². The van der Waals surface area contributed by atoms with E-state index in [4.69, 9.17) is 15.2 Å². The van der Waals surface area contributed by atoms with E-state index >= 15 is 0 Å². The first-order chi connectivity index (χ1) is 10.3. The molecule has 2 N–H and O–H groups in total. The number of carbonyl (C=O) groups is 1. The van der Waals surface area contributed by atoms with Crippen LogP contribution in [0.25, 0.3) is 0 Å². The molecule has 22 heavy (non-hydrogen) atoms. The van der Waals surface area contributed by atoms with E-state index in [9.17, 15) is 4.79 Å². The van der Waals surface area contributed by atoms with Crippen molar-refractivity contribution in [3.63, 3.8) is 0 Å². The summed E-state index contributed by atoms with van der Waals surface area (Å²) in [5, 5.41) is 0. The second kappa shape index (κ2) is 6.57. The van der Waals surface area contributed by atoms with Crippen LogP contribution in [0.15, 0.2) is 24.3 Å². The molecule has 1 heterocycles. The van der Waals surface area contributed by atoms with E-state index in [0.717, 1.165) is 17.7 Å². The lowest BCUT2D eigenvalue weighted by molar-refractivity contribution is 0.0180. The molecule has 122 valence electrons. The zero-order valence-electron chi connectivity index (χ0n) is 13.8. The van der Waals surface area contributed by atoms with Crippen LogP contribution in [-0.4, -0.2) is 42.8 Å². The number of hydrogen-bond acceptors (Lipinski definition) is 4. The van der Waals surface area contributed by atoms with Crippen molar-refractivity contribution in [1.29, 1.82) is 0 Å². The number of benzene rings is 1. The van der Waals surface area contributed by atoms with Gasteiger partial charge in [0.1, 0.15) is 11.4 Å². The van der Waals surface area contributed by atoms with Gasteiger partial charge < -0.3 is 20.1 Å². The van der Waals surface area contributed by atoms with E-state index in [1.807, 2.05) is 45.0 Å². The van der Waals surface area contributed by atoms with Crippen LogP contribution in [0.4, 0.5) is 4.79 Å². The number of nitrogens with two attached hydrogens (primary N) is 1. The molecular formula is C17H26N2O3. The van der Waals surface area contributed by atoms with Gasteiger partial charge in [0.2, 0.25) is 0 Å². The normalized spacial score (nSPS) is 22.3. The molecule has 5 heteroatoms. The average molecular weight is 306 g/mol. The van der Waals surface area contributed by atoms with Crippen LogP contribution in [0.2, 0.25) is 0 Å². The van der Waals surface area contributed by atoms with Gasteiger partial charge in [-0.25, -0.2) is 4.79 Å². The minimum Gasteiger partial charge on any atom is -0.496 e. The number of amides is 1. The second-order valence-electron chi connectivity index (χ2n) is 6.82. The minimum absolute atomic E-state index is 0.0591. The van der Waals surface area contributed by atoms with Crippen LogP contribution < -0.4 is 10.5 Å². The van der Waals surface area contributed by atoms with Gasteiger partial charge in [0.05, 0.1) is 7.11 Å². The molecule has 0 bridgehead atoms. The number of para-hydroxylation sites is 1. The van der Waals surface area contributed by atoms with Crippen LogP contribution in [0.3, 0.4) is 0 Å². The maximum atomic E-state index is 12.3. The van der Waals surface area contributed by atoms with Crippen LogP contribution in [-0.2, 0) is 4.74 Å². The highest BCUT2D eigenvalue weighted by Gasteiger charge is 2.32. The van der Waals surface area contributed by atoms with Crippen molar-refractivity contribution in [3.8, 4) is 5.75 Å². The standard InChI is InChI=1S/C17H26N2O3/c1-17(2,3)22-16(20)19-10-12(9-13(18)11-19)14-7-5-6-8-15(14)21-4/h5-8,12-13H,9-11,18H2,1-4H3/t12-,13-/m0/s1. The minimum atomic E-state index is -0.501. The number of piperidine rings is 1. The Morgan fingerprint density at radius 3 is 2.59 bits per heavy atom. The Kier molecular flexibility index (Phi) is 4.96. The number of ether oxygens (including phenoxy) is 2. The number of likely N-dealkylation sites (tertiary alicyclic amines) is 1. The van der Waals surface area contributed by atoms with Gasteiger partial charge in [0.15, 0.2) is 0 Å². The van der Waals surface area contributed by atoms with Gasteiger partial charge in [-0.15, -0.1) is 0 Å². The Morgan fingerprint density at radius 2 is 1.95 bits per heavy atom. The fourth-order valence-corrected chi connectivity index (χ4v) is 2.84. The summed E-state index contributed by atoms with van der Waals surface area (Å²) in [4.78, 5) is 14.0. The van der Waals surface area contributed by atoms with E-state index in [2.05, 4.69) is 0 Å². The van der Waals surface area contributed by atoms with Gasteiger partial charge in [-0.2, -0.15) is 0 Å². The van der Waals surface area contributed by atoms with Gasteiger partial charge in [-0.05, 0) is 38.8 Å². The molecule has 2 atom stereocenters. The number of rotatable bonds is 2. The number of carbonyl (C=O) groups excluding carboxylic acids is 1. The third-order valence-electron chi connectivity index (χ3n) is 3.71. The highest BCUT2D eigenvalue weighted by atomic mass is 16.6. The lowest BCUT2D eigenvalue weighted by Crippen LogP contribution is -2.50. The molecule has 1 saturated heterocycles. The molecule has 0 unspecified atom stereocenters. The van der Waals surface area contributed by atoms with E-state index in [1.165, 1.54) is 0 Å². The summed E-state index contributed by atoms with van der Waals surface area (Å²) in [6, 6.07) is 7.84. The van der Waals surface area contributed by atoms with Crippen molar-refractivity contribution in [2.75, 3.05) is 20.2 Å². The molecule has 0 aromatic heterocycles. The number of hydrogen-bond donors (Lipinski definition) is 1. The predicted molar refractivity (Wildman–Crippen MR) is 86.1 cm³/mol. The number of methoxy groups -OCH3 is 1. The molecule has 0 saturated carbocycles. The highest BCUT2D eigenvalue weighted by molar-refractivity contribution is 5.68. The molecule has 1 fully saturated rings. The van der Waals surface area contributed by atoms with Crippen molar-refractivity contribution >= 4 is 6.09 Å². The van der Waals surface area contributed by atoms with Crippen molar-refractivity contribution in [2.24, 2.45) is 5.73 Å². The van der Waals surface area contributed by atoms with Gasteiger partial charge in [-0.3, -0.25) is 0 Å². The Labute approximate surface area is 132 Å². The predicted octanol–water partition coefficient (Wildman–Crippen LogP) is 2.75.